The summed E-state index contributed by atoms with van der Waals surface area (Å²) in [6.45, 7) is 1.84. The standard InChI is InChI=1S/C13H17N3O4S/c1-2-7-3-8-4-9(17)6-21(19,20)11(8)5-10(7)12(18)16-13(14)15/h3,5,9,17H,2,4,6H2,1H3,(H4,14,15,16,18). The summed E-state index contributed by atoms with van der Waals surface area (Å²) in [7, 11) is -3.61. The van der Waals surface area contributed by atoms with E-state index in [0.29, 0.717) is 17.5 Å². The average Bonchev–Trinajstić information content (AvgIpc) is 2.35. The Bertz CT molecular complexity index is 721. The molecule has 114 valence electrons. The van der Waals surface area contributed by atoms with Gasteiger partial charge in [-0.1, -0.05) is 13.0 Å². The van der Waals surface area contributed by atoms with Gasteiger partial charge in [-0.15, -0.1) is 0 Å². The third kappa shape index (κ3) is 3.06. The van der Waals surface area contributed by atoms with Crippen molar-refractivity contribution in [1.29, 1.82) is 0 Å². The fraction of sp³-hybridized carbons (Fsp3) is 0.385. The van der Waals surface area contributed by atoms with E-state index in [-0.39, 0.29) is 28.6 Å². The van der Waals surface area contributed by atoms with Crippen LogP contribution in [0.3, 0.4) is 0 Å². The smallest absolute Gasteiger partial charge is 0.280 e. The lowest BCUT2D eigenvalue weighted by atomic mass is 9.98. The first-order chi connectivity index (χ1) is 9.74. The number of hydrogen-bond donors (Lipinski definition) is 3. The van der Waals surface area contributed by atoms with Crippen LogP contribution in [0.15, 0.2) is 22.0 Å². The summed E-state index contributed by atoms with van der Waals surface area (Å²) in [6, 6.07) is 2.94. The first-order valence-corrected chi connectivity index (χ1v) is 8.10. The van der Waals surface area contributed by atoms with E-state index in [1.54, 1.807) is 6.07 Å². The Morgan fingerprint density at radius 3 is 2.67 bits per heavy atom. The van der Waals surface area contributed by atoms with Gasteiger partial charge in [0.1, 0.15) is 0 Å². The molecule has 0 aliphatic carbocycles. The van der Waals surface area contributed by atoms with E-state index in [2.05, 4.69) is 4.99 Å². The van der Waals surface area contributed by atoms with Gasteiger partial charge in [0.15, 0.2) is 15.8 Å². The number of hydrogen-bond acceptors (Lipinski definition) is 4. The molecule has 7 nitrogen and oxygen atoms in total. The highest BCUT2D eigenvalue weighted by Gasteiger charge is 2.31. The Morgan fingerprint density at radius 1 is 1.43 bits per heavy atom. The molecule has 1 atom stereocenters. The van der Waals surface area contributed by atoms with Crippen LogP contribution in [-0.4, -0.2) is 37.2 Å². The topological polar surface area (TPSA) is 136 Å². The van der Waals surface area contributed by atoms with Crippen molar-refractivity contribution in [3.8, 4) is 0 Å². The number of nitrogens with zero attached hydrogens (tertiary/aromatic N) is 1. The van der Waals surface area contributed by atoms with E-state index in [1.807, 2.05) is 6.92 Å². The van der Waals surface area contributed by atoms with E-state index in [4.69, 9.17) is 11.5 Å². The van der Waals surface area contributed by atoms with Gasteiger partial charge in [0.25, 0.3) is 5.91 Å². The second-order valence-corrected chi connectivity index (χ2v) is 6.95. The van der Waals surface area contributed by atoms with Crippen LogP contribution in [-0.2, 0) is 22.7 Å². The van der Waals surface area contributed by atoms with Crippen molar-refractivity contribution in [3.63, 3.8) is 0 Å². The first kappa shape index (κ1) is 15.5. The predicted octanol–water partition coefficient (Wildman–Crippen LogP) is -0.647. The zero-order valence-electron chi connectivity index (χ0n) is 11.5. The molecule has 0 saturated carbocycles. The molecule has 0 spiro atoms. The number of aryl methyl sites for hydroxylation is 1. The zero-order valence-corrected chi connectivity index (χ0v) is 12.4. The van der Waals surface area contributed by atoms with Crippen LogP contribution in [0.5, 0.6) is 0 Å². The number of fused-ring (bicyclic) bond motifs is 1. The monoisotopic (exact) mass is 311 g/mol. The maximum absolute atomic E-state index is 12.1. The molecule has 1 aliphatic rings. The number of benzene rings is 1. The third-order valence-electron chi connectivity index (χ3n) is 3.33. The fourth-order valence-corrected chi connectivity index (χ4v) is 4.09. The van der Waals surface area contributed by atoms with E-state index in [9.17, 15) is 18.3 Å². The lowest BCUT2D eigenvalue weighted by molar-refractivity contribution is 0.100. The molecule has 1 amide bonds. The van der Waals surface area contributed by atoms with E-state index < -0.39 is 21.8 Å². The van der Waals surface area contributed by atoms with Gasteiger partial charge in [-0.25, -0.2) is 8.42 Å². The van der Waals surface area contributed by atoms with Gasteiger partial charge in [0.05, 0.1) is 16.8 Å². The quantitative estimate of drug-likeness (QED) is 0.490. The number of aliphatic hydroxyl groups excluding tert-OH is 1. The largest absolute Gasteiger partial charge is 0.392 e. The maximum atomic E-state index is 12.1. The van der Waals surface area contributed by atoms with Crippen molar-refractivity contribution >= 4 is 21.7 Å². The summed E-state index contributed by atoms with van der Waals surface area (Å²) in [5.74, 6) is -1.39. The molecular formula is C13H17N3O4S. The molecule has 0 saturated heterocycles. The molecule has 8 heteroatoms. The van der Waals surface area contributed by atoms with Crippen LogP contribution in [0.2, 0.25) is 0 Å². The van der Waals surface area contributed by atoms with Gasteiger partial charge in [-0.2, -0.15) is 4.99 Å². The second-order valence-electron chi connectivity index (χ2n) is 4.95. The van der Waals surface area contributed by atoms with Gasteiger partial charge >= 0.3 is 0 Å². The zero-order chi connectivity index (χ0) is 15.8. The van der Waals surface area contributed by atoms with Crippen molar-refractivity contribution in [2.45, 2.75) is 30.8 Å². The number of aliphatic hydroxyl groups is 1. The van der Waals surface area contributed by atoms with Crippen molar-refractivity contribution in [2.24, 2.45) is 16.5 Å². The summed E-state index contributed by atoms with van der Waals surface area (Å²) < 4.78 is 24.2. The van der Waals surface area contributed by atoms with E-state index in [1.165, 1.54) is 6.07 Å². The average molecular weight is 311 g/mol. The Kier molecular flexibility index (Phi) is 4.02. The molecule has 1 heterocycles. The van der Waals surface area contributed by atoms with Crippen LogP contribution in [0.1, 0.15) is 28.4 Å². The van der Waals surface area contributed by atoms with Crippen LogP contribution in [0.4, 0.5) is 0 Å². The van der Waals surface area contributed by atoms with Crippen LogP contribution >= 0.6 is 0 Å². The van der Waals surface area contributed by atoms with Crippen molar-refractivity contribution in [2.75, 3.05) is 5.75 Å². The summed E-state index contributed by atoms with van der Waals surface area (Å²) in [4.78, 5) is 15.5. The predicted molar refractivity (Wildman–Crippen MR) is 77.7 cm³/mol. The van der Waals surface area contributed by atoms with Gasteiger partial charge in [-0.3, -0.25) is 4.79 Å². The minimum Gasteiger partial charge on any atom is -0.392 e. The highest BCUT2D eigenvalue weighted by molar-refractivity contribution is 7.91. The minimum absolute atomic E-state index is 0.0687. The molecule has 5 N–H and O–H groups in total. The highest BCUT2D eigenvalue weighted by Crippen LogP contribution is 2.29. The Morgan fingerprint density at radius 2 is 2.10 bits per heavy atom. The summed E-state index contributed by atoms with van der Waals surface area (Å²) >= 11 is 0. The lowest BCUT2D eigenvalue weighted by Crippen LogP contribution is -2.30. The maximum Gasteiger partial charge on any atom is 0.280 e. The number of rotatable bonds is 2. The molecule has 0 radical (unpaired) electrons. The number of amides is 1. The molecule has 1 unspecified atom stereocenters. The number of guanidine groups is 1. The number of carbonyl (C=O) groups excluding carboxylic acids is 1. The van der Waals surface area contributed by atoms with Gasteiger partial charge < -0.3 is 16.6 Å². The first-order valence-electron chi connectivity index (χ1n) is 6.45. The van der Waals surface area contributed by atoms with Crippen molar-refractivity contribution in [3.05, 3.63) is 28.8 Å². The SMILES string of the molecule is CCc1cc2c(cc1C(=O)N=C(N)N)S(=O)(=O)CC(O)C2. The molecule has 2 rings (SSSR count). The van der Waals surface area contributed by atoms with E-state index in [0.717, 1.165) is 0 Å². The Labute approximate surface area is 122 Å². The van der Waals surface area contributed by atoms with Crippen LogP contribution in [0.25, 0.3) is 0 Å². The number of aliphatic imine (C=N–C) groups is 1. The molecule has 0 bridgehead atoms. The van der Waals surface area contributed by atoms with Crippen LogP contribution < -0.4 is 11.5 Å². The fourth-order valence-electron chi connectivity index (χ4n) is 2.45. The summed E-state index contributed by atoms with van der Waals surface area (Å²) in [6.07, 6.45) is -0.158. The molecular weight excluding hydrogens is 294 g/mol. The van der Waals surface area contributed by atoms with Crippen LogP contribution in [0, 0.1) is 0 Å². The van der Waals surface area contributed by atoms with Gasteiger partial charge in [-0.05, 0) is 23.6 Å². The molecule has 1 aromatic carbocycles. The van der Waals surface area contributed by atoms with Crippen molar-refractivity contribution < 1.29 is 18.3 Å². The molecule has 21 heavy (non-hydrogen) atoms. The molecule has 0 fully saturated rings. The minimum atomic E-state index is -3.61. The Hall–Kier alpha value is -1.93. The number of sulfone groups is 1. The second kappa shape index (κ2) is 5.45. The molecule has 1 aromatic rings. The molecule has 0 aromatic heterocycles. The Balaban J connectivity index is 2.65. The molecule has 1 aliphatic heterocycles. The lowest BCUT2D eigenvalue weighted by Gasteiger charge is -2.22. The normalized spacial score (nSPS) is 19.6. The highest BCUT2D eigenvalue weighted by atomic mass is 32.2. The summed E-state index contributed by atoms with van der Waals surface area (Å²) in [5, 5.41) is 9.65. The number of carbonyl (C=O) groups is 1. The van der Waals surface area contributed by atoms with Crippen molar-refractivity contribution in [1.82, 2.24) is 0 Å². The summed E-state index contributed by atoms with van der Waals surface area (Å²) in [5.41, 5.74) is 11.7. The van der Waals surface area contributed by atoms with Gasteiger partial charge in [0.2, 0.25) is 0 Å². The number of nitrogens with two attached hydrogens (primary N) is 2. The third-order valence-corrected chi connectivity index (χ3v) is 5.20. The van der Waals surface area contributed by atoms with Gasteiger partial charge in [0, 0.05) is 12.0 Å². The van der Waals surface area contributed by atoms with E-state index >= 15 is 0 Å².